The van der Waals surface area contributed by atoms with E-state index in [2.05, 4.69) is 0 Å². The maximum Gasteiger partial charge on any atom is 0.150 e. The Hall–Kier alpha value is -0.900. The molecule has 9 heavy (non-hydrogen) atoms. The molecule has 0 fully saturated rings. The van der Waals surface area contributed by atoms with Gasteiger partial charge in [-0.05, 0) is 0 Å². The van der Waals surface area contributed by atoms with Crippen LogP contribution in [0, 0.1) is 5.21 Å². The van der Waals surface area contributed by atoms with E-state index in [1.54, 1.807) is 24.3 Å². The first kappa shape index (κ1) is 6.22. The average Bonchev–Trinajstić information content (AvgIpc) is 1.90. The predicted molar refractivity (Wildman–Crippen MR) is 34.6 cm³/mol. The summed E-state index contributed by atoms with van der Waals surface area (Å²) in [7, 11) is 0. The van der Waals surface area contributed by atoms with Crippen molar-refractivity contribution in [2.75, 3.05) is 0 Å². The Kier molecular flexibility index (Phi) is 1.79. The van der Waals surface area contributed by atoms with Gasteiger partial charge >= 0.3 is 0 Å². The van der Waals surface area contributed by atoms with Gasteiger partial charge < -0.3 is 5.21 Å². The number of nitrogens with two attached hydrogens (primary N) is 1. The molecule has 0 saturated heterocycles. The molecule has 0 saturated carbocycles. The standard InChI is InChI=1S/C6H8N2O/c7-8(9)6-4-2-1-3-5-6/h1-5,8H,7H2. The van der Waals surface area contributed by atoms with Crippen LogP contribution in [0.4, 0.5) is 5.69 Å². The van der Waals surface area contributed by atoms with Crippen LogP contribution in [0.15, 0.2) is 30.3 Å². The quantitative estimate of drug-likeness (QED) is 0.394. The molecule has 0 aliphatic rings. The summed E-state index contributed by atoms with van der Waals surface area (Å²) in [5, 5.41) is 10.0. The number of benzene rings is 1. The summed E-state index contributed by atoms with van der Waals surface area (Å²) >= 11 is 0. The van der Waals surface area contributed by atoms with E-state index in [4.69, 9.17) is 5.84 Å². The molecule has 3 nitrogen and oxygen atoms in total. The van der Waals surface area contributed by atoms with E-state index in [0.717, 1.165) is 0 Å². The molecule has 1 rings (SSSR count). The van der Waals surface area contributed by atoms with Crippen molar-refractivity contribution < 1.29 is 5.17 Å². The van der Waals surface area contributed by atoms with Crippen molar-refractivity contribution >= 4 is 5.69 Å². The van der Waals surface area contributed by atoms with Gasteiger partial charge in [0, 0.05) is 12.1 Å². The zero-order valence-corrected chi connectivity index (χ0v) is 4.87. The molecule has 0 heterocycles. The Balaban J connectivity index is 2.85. The normalized spacial score (nSPS) is 13.1. The van der Waals surface area contributed by atoms with Crippen molar-refractivity contribution in [3.63, 3.8) is 0 Å². The van der Waals surface area contributed by atoms with Crippen molar-refractivity contribution in [1.82, 2.24) is 0 Å². The van der Waals surface area contributed by atoms with Crippen LogP contribution in [0.5, 0.6) is 0 Å². The van der Waals surface area contributed by atoms with E-state index in [1.165, 1.54) is 0 Å². The first-order valence-electron chi connectivity index (χ1n) is 2.65. The van der Waals surface area contributed by atoms with Crippen molar-refractivity contribution in [3.8, 4) is 0 Å². The Labute approximate surface area is 53.2 Å². The highest BCUT2D eigenvalue weighted by molar-refractivity contribution is 5.27. The molecule has 3 heteroatoms. The molecule has 3 N–H and O–H groups in total. The molecule has 1 unspecified atom stereocenters. The molecule has 0 aliphatic heterocycles. The smallest absolute Gasteiger partial charge is 0.150 e. The second kappa shape index (κ2) is 2.59. The van der Waals surface area contributed by atoms with E-state index in [-0.39, 0.29) is 5.17 Å². The van der Waals surface area contributed by atoms with Gasteiger partial charge in [0.15, 0.2) is 0 Å². The van der Waals surface area contributed by atoms with Crippen molar-refractivity contribution in [3.05, 3.63) is 35.5 Å². The third kappa shape index (κ3) is 1.50. The monoisotopic (exact) mass is 124 g/mol. The molecule has 0 aromatic heterocycles. The molecule has 0 aliphatic carbocycles. The lowest BCUT2D eigenvalue weighted by Crippen LogP contribution is -3.08. The Morgan fingerprint density at radius 1 is 1.22 bits per heavy atom. The van der Waals surface area contributed by atoms with Gasteiger partial charge in [0.1, 0.15) is 5.69 Å². The van der Waals surface area contributed by atoms with Crippen molar-refractivity contribution in [2.24, 2.45) is 5.84 Å². The van der Waals surface area contributed by atoms with Gasteiger partial charge in [0.2, 0.25) is 0 Å². The predicted octanol–water partition coefficient (Wildman–Crippen LogP) is -0.425. The van der Waals surface area contributed by atoms with Gasteiger partial charge in [0.05, 0.1) is 0 Å². The summed E-state index contributed by atoms with van der Waals surface area (Å²) < 4.78 is 0. The van der Waals surface area contributed by atoms with E-state index in [0.29, 0.717) is 5.69 Å². The number of hydrogen-bond acceptors (Lipinski definition) is 2. The maximum absolute atomic E-state index is 10.4. The minimum absolute atomic E-state index is 0.379. The van der Waals surface area contributed by atoms with Crippen LogP contribution in [0.3, 0.4) is 0 Å². The minimum Gasteiger partial charge on any atom is -0.608 e. The van der Waals surface area contributed by atoms with Gasteiger partial charge in [-0.2, -0.15) is 5.84 Å². The zero-order chi connectivity index (χ0) is 6.69. The van der Waals surface area contributed by atoms with Gasteiger partial charge in [-0.3, -0.25) is 5.17 Å². The van der Waals surface area contributed by atoms with E-state index < -0.39 is 0 Å². The summed E-state index contributed by atoms with van der Waals surface area (Å²) in [5.41, 5.74) is 0.553. The zero-order valence-electron chi connectivity index (χ0n) is 4.87. The number of quaternary nitrogens is 1. The molecule has 0 amide bonds. The van der Waals surface area contributed by atoms with Gasteiger partial charge in [0.25, 0.3) is 0 Å². The summed E-state index contributed by atoms with van der Waals surface area (Å²) in [6, 6.07) is 8.76. The Morgan fingerprint density at radius 2 is 1.78 bits per heavy atom. The van der Waals surface area contributed by atoms with Gasteiger partial charge in [-0.15, -0.1) is 0 Å². The number of rotatable bonds is 1. The topological polar surface area (TPSA) is 53.5 Å². The average molecular weight is 124 g/mol. The van der Waals surface area contributed by atoms with Crippen LogP contribution in [0.1, 0.15) is 0 Å². The molecule has 0 bridgehead atoms. The summed E-state index contributed by atoms with van der Waals surface area (Å²) in [6.45, 7) is 0. The van der Waals surface area contributed by atoms with Crippen LogP contribution in [0.25, 0.3) is 0 Å². The SMILES string of the molecule is N[NH+]([O-])c1ccccc1. The fourth-order valence-corrected chi connectivity index (χ4v) is 0.602. The fourth-order valence-electron chi connectivity index (χ4n) is 0.602. The van der Waals surface area contributed by atoms with Crippen molar-refractivity contribution in [2.45, 2.75) is 0 Å². The maximum atomic E-state index is 10.4. The van der Waals surface area contributed by atoms with E-state index >= 15 is 0 Å². The lowest BCUT2D eigenvalue weighted by molar-refractivity contribution is -0.789. The minimum atomic E-state index is -0.379. The van der Waals surface area contributed by atoms with E-state index in [1.807, 2.05) is 6.07 Å². The van der Waals surface area contributed by atoms with Crippen LogP contribution in [-0.4, -0.2) is 0 Å². The van der Waals surface area contributed by atoms with Gasteiger partial charge in [-0.25, -0.2) is 0 Å². The van der Waals surface area contributed by atoms with Crippen LogP contribution in [0.2, 0.25) is 0 Å². The molecule has 0 spiro atoms. The molecule has 0 radical (unpaired) electrons. The van der Waals surface area contributed by atoms with Crippen LogP contribution in [-0.2, 0) is 0 Å². The molecule has 1 atom stereocenters. The summed E-state index contributed by atoms with van der Waals surface area (Å²) in [4.78, 5) is 0. The summed E-state index contributed by atoms with van der Waals surface area (Å²) in [5.74, 6) is 4.97. The number of nitrogen functional groups attached to an aromatic ring is 1. The number of hydrogen-bond donors (Lipinski definition) is 2. The first-order chi connectivity index (χ1) is 4.30. The molecular weight excluding hydrogens is 116 g/mol. The molecular formula is C6H8N2O. The lowest BCUT2D eigenvalue weighted by Gasteiger charge is -2.12. The Morgan fingerprint density at radius 3 is 2.11 bits per heavy atom. The second-order valence-electron chi connectivity index (χ2n) is 1.73. The third-order valence-electron chi connectivity index (χ3n) is 1.06. The highest BCUT2D eigenvalue weighted by Crippen LogP contribution is 1.95. The van der Waals surface area contributed by atoms with E-state index in [9.17, 15) is 5.21 Å². The van der Waals surface area contributed by atoms with Crippen LogP contribution < -0.4 is 11.0 Å². The van der Waals surface area contributed by atoms with Gasteiger partial charge in [-0.1, -0.05) is 18.2 Å². The highest BCUT2D eigenvalue weighted by Gasteiger charge is 1.90. The van der Waals surface area contributed by atoms with Crippen LogP contribution >= 0.6 is 0 Å². The molecule has 1 aromatic rings. The third-order valence-corrected chi connectivity index (χ3v) is 1.06. The number of nitrogens with one attached hydrogen (secondary N) is 1. The Bertz CT molecular complexity index is 174. The second-order valence-corrected chi connectivity index (χ2v) is 1.73. The largest absolute Gasteiger partial charge is 0.608 e. The highest BCUT2D eigenvalue weighted by atomic mass is 16.5. The molecule has 48 valence electrons. The van der Waals surface area contributed by atoms with Crippen molar-refractivity contribution in [1.29, 1.82) is 0 Å². The summed E-state index contributed by atoms with van der Waals surface area (Å²) in [6.07, 6.45) is 0. The fraction of sp³-hybridized carbons (Fsp3) is 0. The first-order valence-corrected chi connectivity index (χ1v) is 2.65. The lowest BCUT2D eigenvalue weighted by atomic mass is 10.3. The molecule has 1 aromatic carbocycles.